The first kappa shape index (κ1) is 15.6. The Morgan fingerprint density at radius 2 is 1.86 bits per heavy atom. The fraction of sp³-hybridized carbons (Fsp3) is 0.235. The molecule has 0 saturated heterocycles. The zero-order valence-electron chi connectivity index (χ0n) is 12.3. The Morgan fingerprint density at radius 3 is 2.43 bits per heavy atom. The minimum atomic E-state index is -0.941. The van der Waals surface area contributed by atoms with Crippen molar-refractivity contribution in [3.05, 3.63) is 64.1 Å². The summed E-state index contributed by atoms with van der Waals surface area (Å²) in [7, 11) is 1.40. The van der Waals surface area contributed by atoms with Gasteiger partial charge in [-0.2, -0.15) is 0 Å². The topological polar surface area (TPSA) is 38.3 Å². The van der Waals surface area contributed by atoms with Gasteiger partial charge < -0.3 is 10.1 Å². The van der Waals surface area contributed by atoms with E-state index in [2.05, 4.69) is 21.2 Å². The molecule has 4 heteroatoms. The van der Waals surface area contributed by atoms with Crippen LogP contribution >= 0.6 is 15.9 Å². The van der Waals surface area contributed by atoms with Crippen LogP contribution in [0.15, 0.2) is 53.0 Å². The van der Waals surface area contributed by atoms with Gasteiger partial charge in [-0.15, -0.1) is 0 Å². The average Bonchev–Trinajstić information content (AvgIpc) is 2.46. The van der Waals surface area contributed by atoms with E-state index < -0.39 is 5.54 Å². The van der Waals surface area contributed by atoms with E-state index in [1.165, 1.54) is 7.11 Å². The summed E-state index contributed by atoms with van der Waals surface area (Å²) in [5, 5.41) is 3.28. The zero-order valence-corrected chi connectivity index (χ0v) is 13.9. The monoisotopic (exact) mass is 347 g/mol. The maximum absolute atomic E-state index is 12.3. The Labute approximate surface area is 133 Å². The van der Waals surface area contributed by atoms with Gasteiger partial charge in [0.2, 0.25) is 0 Å². The first-order valence-electron chi connectivity index (χ1n) is 6.65. The molecule has 1 N–H and O–H groups in total. The van der Waals surface area contributed by atoms with Gasteiger partial charge in [-0.3, -0.25) is 0 Å². The predicted octanol–water partition coefficient (Wildman–Crippen LogP) is 4.26. The largest absolute Gasteiger partial charge is 0.467 e. The summed E-state index contributed by atoms with van der Waals surface area (Å²) < 4.78 is 5.94. The van der Waals surface area contributed by atoms with Crippen molar-refractivity contribution in [1.82, 2.24) is 0 Å². The number of benzene rings is 2. The maximum atomic E-state index is 12.3. The van der Waals surface area contributed by atoms with Crippen LogP contribution < -0.4 is 5.32 Å². The lowest BCUT2D eigenvalue weighted by Gasteiger charge is -2.29. The zero-order chi connectivity index (χ0) is 15.5. The van der Waals surface area contributed by atoms with Crippen molar-refractivity contribution in [3.63, 3.8) is 0 Å². The first-order valence-corrected chi connectivity index (χ1v) is 7.44. The summed E-state index contributed by atoms with van der Waals surface area (Å²) >= 11 is 3.43. The number of esters is 1. The number of nitrogens with one attached hydrogen (secondary N) is 1. The van der Waals surface area contributed by atoms with Crippen LogP contribution in [0.3, 0.4) is 0 Å². The van der Waals surface area contributed by atoms with Crippen molar-refractivity contribution >= 4 is 27.6 Å². The molecule has 2 aromatic rings. The highest BCUT2D eigenvalue weighted by atomic mass is 79.9. The number of methoxy groups -OCH3 is 1. The predicted molar refractivity (Wildman–Crippen MR) is 88.3 cm³/mol. The van der Waals surface area contributed by atoms with E-state index in [-0.39, 0.29) is 5.97 Å². The number of anilines is 1. The number of rotatable bonds is 4. The SMILES string of the molecule is COC(=O)C(C)(Nc1cccc(Br)c1)c1ccc(C)cc1. The summed E-state index contributed by atoms with van der Waals surface area (Å²) in [5.74, 6) is -0.327. The van der Waals surface area contributed by atoms with Crippen LogP contribution in [0, 0.1) is 6.92 Å². The summed E-state index contributed by atoms with van der Waals surface area (Å²) in [6, 6.07) is 15.5. The number of halogens is 1. The van der Waals surface area contributed by atoms with E-state index in [0.717, 1.165) is 21.3 Å². The van der Waals surface area contributed by atoms with Crippen molar-refractivity contribution in [2.45, 2.75) is 19.4 Å². The standard InChI is InChI=1S/C17H18BrNO2/c1-12-7-9-13(10-8-12)17(2,16(20)21-3)19-15-6-4-5-14(18)11-15/h4-11,19H,1-3H3. The van der Waals surface area contributed by atoms with Gasteiger partial charge in [0, 0.05) is 10.2 Å². The van der Waals surface area contributed by atoms with E-state index in [4.69, 9.17) is 4.74 Å². The van der Waals surface area contributed by atoms with Gasteiger partial charge in [0.15, 0.2) is 5.54 Å². The lowest BCUT2D eigenvalue weighted by Crippen LogP contribution is -2.41. The third-order valence-electron chi connectivity index (χ3n) is 3.44. The van der Waals surface area contributed by atoms with Crippen LogP contribution in [0.25, 0.3) is 0 Å². The van der Waals surface area contributed by atoms with E-state index in [1.807, 2.05) is 62.4 Å². The van der Waals surface area contributed by atoms with Crippen molar-refractivity contribution in [3.8, 4) is 0 Å². The number of hydrogen-bond donors (Lipinski definition) is 1. The van der Waals surface area contributed by atoms with E-state index in [1.54, 1.807) is 0 Å². The van der Waals surface area contributed by atoms with Crippen LogP contribution in [0.5, 0.6) is 0 Å². The molecule has 2 aromatic carbocycles. The molecule has 0 fully saturated rings. The number of carbonyl (C=O) groups excluding carboxylic acids is 1. The third-order valence-corrected chi connectivity index (χ3v) is 3.93. The molecule has 0 radical (unpaired) electrons. The van der Waals surface area contributed by atoms with Gasteiger partial charge in [0.05, 0.1) is 7.11 Å². The van der Waals surface area contributed by atoms with Crippen molar-refractivity contribution in [2.24, 2.45) is 0 Å². The third kappa shape index (κ3) is 3.45. The molecule has 0 aliphatic heterocycles. The Hall–Kier alpha value is -1.81. The molecule has 0 aliphatic rings. The summed E-state index contributed by atoms with van der Waals surface area (Å²) in [5.41, 5.74) is 1.91. The minimum absolute atomic E-state index is 0.327. The molecule has 1 atom stereocenters. The van der Waals surface area contributed by atoms with Gasteiger partial charge >= 0.3 is 5.97 Å². The highest BCUT2D eigenvalue weighted by Crippen LogP contribution is 2.29. The molecule has 0 saturated carbocycles. The number of carbonyl (C=O) groups is 1. The minimum Gasteiger partial charge on any atom is -0.467 e. The Bertz CT molecular complexity index is 639. The lowest BCUT2D eigenvalue weighted by atomic mass is 9.91. The van der Waals surface area contributed by atoms with Crippen LogP contribution in [-0.2, 0) is 15.1 Å². The summed E-state index contributed by atoms with van der Waals surface area (Å²) in [6.45, 7) is 3.84. The quantitative estimate of drug-likeness (QED) is 0.839. The Balaban J connectivity index is 2.42. The van der Waals surface area contributed by atoms with Crippen LogP contribution in [-0.4, -0.2) is 13.1 Å². The molecule has 0 aromatic heterocycles. The van der Waals surface area contributed by atoms with Crippen LogP contribution in [0.4, 0.5) is 5.69 Å². The second kappa shape index (κ2) is 6.31. The van der Waals surface area contributed by atoms with E-state index in [9.17, 15) is 4.79 Å². The average molecular weight is 348 g/mol. The molecular weight excluding hydrogens is 330 g/mol. The van der Waals surface area contributed by atoms with E-state index >= 15 is 0 Å². The van der Waals surface area contributed by atoms with Crippen LogP contribution in [0.2, 0.25) is 0 Å². The Morgan fingerprint density at radius 1 is 1.19 bits per heavy atom. The van der Waals surface area contributed by atoms with Gasteiger partial charge in [-0.1, -0.05) is 51.8 Å². The molecule has 0 amide bonds. The smallest absolute Gasteiger partial charge is 0.335 e. The second-order valence-corrected chi connectivity index (χ2v) is 6.03. The highest BCUT2D eigenvalue weighted by molar-refractivity contribution is 9.10. The molecule has 110 valence electrons. The summed E-state index contributed by atoms with van der Waals surface area (Å²) in [6.07, 6.45) is 0. The van der Waals surface area contributed by atoms with E-state index in [0.29, 0.717) is 0 Å². The number of hydrogen-bond acceptors (Lipinski definition) is 3. The second-order valence-electron chi connectivity index (χ2n) is 5.12. The molecule has 2 rings (SSSR count). The highest BCUT2D eigenvalue weighted by Gasteiger charge is 2.36. The van der Waals surface area contributed by atoms with Crippen LogP contribution in [0.1, 0.15) is 18.1 Å². The molecule has 0 spiro atoms. The molecule has 3 nitrogen and oxygen atoms in total. The number of aryl methyl sites for hydroxylation is 1. The Kier molecular flexibility index (Phi) is 4.68. The fourth-order valence-electron chi connectivity index (χ4n) is 2.19. The molecule has 0 bridgehead atoms. The fourth-order valence-corrected chi connectivity index (χ4v) is 2.59. The van der Waals surface area contributed by atoms with Gasteiger partial charge in [0.25, 0.3) is 0 Å². The molecule has 0 heterocycles. The molecule has 1 unspecified atom stereocenters. The van der Waals surface area contributed by atoms with Crippen molar-refractivity contribution in [1.29, 1.82) is 0 Å². The molecule has 0 aliphatic carbocycles. The lowest BCUT2D eigenvalue weighted by molar-refractivity contribution is -0.145. The van der Waals surface area contributed by atoms with Crippen molar-refractivity contribution in [2.75, 3.05) is 12.4 Å². The number of ether oxygens (including phenoxy) is 1. The van der Waals surface area contributed by atoms with Gasteiger partial charge in [-0.25, -0.2) is 4.79 Å². The normalized spacial score (nSPS) is 13.3. The van der Waals surface area contributed by atoms with Gasteiger partial charge in [-0.05, 0) is 37.6 Å². The first-order chi connectivity index (χ1) is 9.95. The molecular formula is C17H18BrNO2. The maximum Gasteiger partial charge on any atom is 0.335 e. The van der Waals surface area contributed by atoms with Gasteiger partial charge in [0.1, 0.15) is 0 Å². The molecule has 21 heavy (non-hydrogen) atoms. The van der Waals surface area contributed by atoms with Crippen molar-refractivity contribution < 1.29 is 9.53 Å². The summed E-state index contributed by atoms with van der Waals surface area (Å²) in [4.78, 5) is 12.3.